The van der Waals surface area contributed by atoms with Gasteiger partial charge in [0, 0.05) is 22.4 Å². The predicted octanol–water partition coefficient (Wildman–Crippen LogP) is 4.18. The van der Waals surface area contributed by atoms with E-state index in [1.165, 1.54) is 16.3 Å². The number of fused-ring (bicyclic) bond motifs is 1. The van der Waals surface area contributed by atoms with Gasteiger partial charge in [0.05, 0.1) is 28.1 Å². The van der Waals surface area contributed by atoms with Crippen molar-refractivity contribution >= 4 is 50.2 Å². The Bertz CT molecular complexity index is 1350. The van der Waals surface area contributed by atoms with Crippen LogP contribution < -0.4 is 11.0 Å². The number of para-hydroxylation sites is 1. The summed E-state index contributed by atoms with van der Waals surface area (Å²) in [5.74, 6) is -0.256. The first-order chi connectivity index (χ1) is 15.5. The number of benzene rings is 2. The van der Waals surface area contributed by atoms with Gasteiger partial charge in [-0.25, -0.2) is 10.4 Å². The van der Waals surface area contributed by atoms with Crippen LogP contribution in [-0.4, -0.2) is 31.9 Å². The molecule has 0 saturated carbocycles. The van der Waals surface area contributed by atoms with Crippen LogP contribution in [0.5, 0.6) is 0 Å². The molecule has 4 aromatic rings. The highest BCUT2D eigenvalue weighted by molar-refractivity contribution is 9.10. The first-order valence-electron chi connectivity index (χ1n) is 9.67. The van der Waals surface area contributed by atoms with Crippen molar-refractivity contribution in [3.05, 3.63) is 93.4 Å². The van der Waals surface area contributed by atoms with Crippen molar-refractivity contribution in [1.29, 1.82) is 0 Å². The van der Waals surface area contributed by atoms with Crippen LogP contribution in [0.4, 0.5) is 0 Å². The van der Waals surface area contributed by atoms with Gasteiger partial charge in [-0.2, -0.15) is 5.10 Å². The molecule has 0 atom stereocenters. The zero-order valence-electron chi connectivity index (χ0n) is 17.0. The summed E-state index contributed by atoms with van der Waals surface area (Å²) in [5.41, 5.74) is 5.08. The summed E-state index contributed by atoms with van der Waals surface area (Å²) >= 11 is 4.59. The number of carbonyl (C=O) groups is 1. The van der Waals surface area contributed by atoms with Gasteiger partial charge in [0.15, 0.2) is 5.16 Å². The van der Waals surface area contributed by atoms with E-state index in [4.69, 9.17) is 0 Å². The van der Waals surface area contributed by atoms with Gasteiger partial charge in [-0.3, -0.25) is 19.1 Å². The standard InChI is InChI=1S/C23H18BrN5O2S/c1-15(16-5-4-12-25-13-16)27-28-21(30)14-32-23-26-20-7-3-2-6-19(20)22(31)29(23)18-10-8-17(24)9-11-18/h2-13H,14H2,1H3,(H,28,30)/b27-15+. The van der Waals surface area contributed by atoms with Crippen LogP contribution in [-0.2, 0) is 4.79 Å². The Labute approximate surface area is 196 Å². The second-order valence-electron chi connectivity index (χ2n) is 6.79. The average Bonchev–Trinajstić information content (AvgIpc) is 2.82. The number of nitrogens with one attached hydrogen (secondary N) is 1. The van der Waals surface area contributed by atoms with Crippen molar-refractivity contribution in [3.8, 4) is 5.69 Å². The van der Waals surface area contributed by atoms with Gasteiger partial charge in [-0.05, 0) is 49.4 Å². The molecule has 0 spiro atoms. The molecular formula is C23H18BrN5O2S. The number of hydrazone groups is 1. The Kier molecular flexibility index (Phi) is 6.77. The Morgan fingerprint density at radius 3 is 2.66 bits per heavy atom. The third-order valence-electron chi connectivity index (χ3n) is 4.59. The van der Waals surface area contributed by atoms with Crippen LogP contribution in [0.3, 0.4) is 0 Å². The van der Waals surface area contributed by atoms with Crippen molar-refractivity contribution in [1.82, 2.24) is 20.0 Å². The number of halogens is 1. The molecule has 160 valence electrons. The normalized spacial score (nSPS) is 11.5. The minimum Gasteiger partial charge on any atom is -0.272 e. The molecule has 9 heteroatoms. The van der Waals surface area contributed by atoms with E-state index in [1.54, 1.807) is 43.6 Å². The Morgan fingerprint density at radius 2 is 1.91 bits per heavy atom. The van der Waals surface area contributed by atoms with Crippen molar-refractivity contribution in [2.75, 3.05) is 5.75 Å². The average molecular weight is 508 g/mol. The van der Waals surface area contributed by atoms with E-state index >= 15 is 0 Å². The molecule has 0 aliphatic carbocycles. The van der Waals surface area contributed by atoms with Gasteiger partial charge >= 0.3 is 0 Å². The number of thioether (sulfide) groups is 1. The van der Waals surface area contributed by atoms with Crippen molar-refractivity contribution in [3.63, 3.8) is 0 Å². The number of hydrogen-bond donors (Lipinski definition) is 1. The minimum absolute atomic E-state index is 0.0468. The van der Waals surface area contributed by atoms with Gasteiger partial charge in [0.2, 0.25) is 0 Å². The first-order valence-corrected chi connectivity index (χ1v) is 11.4. The molecule has 1 amide bonds. The highest BCUT2D eigenvalue weighted by atomic mass is 79.9. The monoisotopic (exact) mass is 507 g/mol. The lowest BCUT2D eigenvalue weighted by Crippen LogP contribution is -2.24. The molecule has 0 radical (unpaired) electrons. The van der Waals surface area contributed by atoms with Crippen molar-refractivity contribution < 1.29 is 4.79 Å². The topological polar surface area (TPSA) is 89.2 Å². The summed E-state index contributed by atoms with van der Waals surface area (Å²) in [7, 11) is 0. The number of nitrogens with zero attached hydrogens (tertiary/aromatic N) is 4. The van der Waals surface area contributed by atoms with Crippen LogP contribution in [0.15, 0.2) is 92.6 Å². The molecule has 0 fully saturated rings. The SMILES string of the molecule is C/C(=N\NC(=O)CSc1nc2ccccc2c(=O)n1-c1ccc(Br)cc1)c1cccnc1. The fourth-order valence-corrected chi connectivity index (χ4v) is 4.05. The number of aromatic nitrogens is 3. The molecule has 4 rings (SSSR count). The highest BCUT2D eigenvalue weighted by Gasteiger charge is 2.15. The Balaban J connectivity index is 1.59. The van der Waals surface area contributed by atoms with E-state index in [9.17, 15) is 9.59 Å². The molecule has 0 aliphatic rings. The largest absolute Gasteiger partial charge is 0.272 e. The minimum atomic E-state index is -0.303. The quantitative estimate of drug-likeness (QED) is 0.183. The molecule has 0 aliphatic heterocycles. The van der Waals surface area contributed by atoms with Crippen LogP contribution in [0.1, 0.15) is 12.5 Å². The van der Waals surface area contributed by atoms with E-state index in [1.807, 2.05) is 36.4 Å². The van der Waals surface area contributed by atoms with E-state index < -0.39 is 0 Å². The summed E-state index contributed by atoms with van der Waals surface area (Å²) in [4.78, 5) is 34.3. The van der Waals surface area contributed by atoms with Crippen LogP contribution >= 0.6 is 27.7 Å². The lowest BCUT2D eigenvalue weighted by atomic mass is 10.2. The third-order valence-corrected chi connectivity index (χ3v) is 6.06. The highest BCUT2D eigenvalue weighted by Crippen LogP contribution is 2.22. The van der Waals surface area contributed by atoms with Crippen LogP contribution in [0.2, 0.25) is 0 Å². The van der Waals surface area contributed by atoms with E-state index in [0.717, 1.165) is 10.0 Å². The smallest absolute Gasteiger partial charge is 0.266 e. The summed E-state index contributed by atoms with van der Waals surface area (Å²) < 4.78 is 2.43. The van der Waals surface area contributed by atoms with Gasteiger partial charge < -0.3 is 0 Å². The second-order valence-corrected chi connectivity index (χ2v) is 8.65. The predicted molar refractivity (Wildman–Crippen MR) is 130 cm³/mol. The summed E-state index contributed by atoms with van der Waals surface area (Å²) in [5, 5.41) is 5.08. The molecule has 1 N–H and O–H groups in total. The fraction of sp³-hybridized carbons (Fsp3) is 0.0870. The lowest BCUT2D eigenvalue weighted by Gasteiger charge is -2.13. The van der Waals surface area contributed by atoms with Gasteiger partial charge in [-0.15, -0.1) is 0 Å². The number of hydrogen-bond acceptors (Lipinski definition) is 6. The number of amides is 1. The summed E-state index contributed by atoms with van der Waals surface area (Å²) in [6.45, 7) is 1.79. The molecule has 0 saturated heterocycles. The first kappa shape index (κ1) is 21.9. The maximum atomic E-state index is 13.2. The number of carbonyl (C=O) groups excluding carboxylic acids is 1. The maximum Gasteiger partial charge on any atom is 0.266 e. The maximum absolute atomic E-state index is 13.2. The Morgan fingerprint density at radius 1 is 1.12 bits per heavy atom. The van der Waals surface area contributed by atoms with Gasteiger partial charge in [0.1, 0.15) is 0 Å². The molecule has 32 heavy (non-hydrogen) atoms. The number of rotatable bonds is 6. The third kappa shape index (κ3) is 4.95. The molecule has 7 nitrogen and oxygen atoms in total. The van der Waals surface area contributed by atoms with Crippen LogP contribution in [0.25, 0.3) is 16.6 Å². The molecule has 0 unspecified atom stereocenters. The van der Waals surface area contributed by atoms with E-state index in [2.05, 4.69) is 36.4 Å². The Hall–Kier alpha value is -3.30. The van der Waals surface area contributed by atoms with Crippen molar-refractivity contribution in [2.45, 2.75) is 12.1 Å². The molecular weight excluding hydrogens is 490 g/mol. The zero-order valence-corrected chi connectivity index (χ0v) is 19.4. The molecule has 2 aromatic carbocycles. The second kappa shape index (κ2) is 9.88. The lowest BCUT2D eigenvalue weighted by molar-refractivity contribution is -0.118. The van der Waals surface area contributed by atoms with E-state index in [-0.39, 0.29) is 17.2 Å². The number of pyridine rings is 1. The van der Waals surface area contributed by atoms with Crippen LogP contribution in [0, 0.1) is 0 Å². The molecule has 2 heterocycles. The summed E-state index contributed by atoms with van der Waals surface area (Å²) in [6, 6.07) is 18.2. The van der Waals surface area contributed by atoms with E-state index in [0.29, 0.717) is 27.5 Å². The summed E-state index contributed by atoms with van der Waals surface area (Å²) in [6.07, 6.45) is 3.35. The molecule has 0 bridgehead atoms. The molecule has 2 aromatic heterocycles. The fourth-order valence-electron chi connectivity index (χ4n) is 2.98. The zero-order chi connectivity index (χ0) is 22.5. The van der Waals surface area contributed by atoms with Crippen molar-refractivity contribution in [2.24, 2.45) is 5.10 Å². The van der Waals surface area contributed by atoms with Gasteiger partial charge in [0.25, 0.3) is 11.5 Å². The van der Waals surface area contributed by atoms with Gasteiger partial charge in [-0.1, -0.05) is 45.9 Å².